The number of ether oxygens (including phenoxy) is 1. The minimum absolute atomic E-state index is 0.00940. The predicted molar refractivity (Wildman–Crippen MR) is 78.3 cm³/mol. The van der Waals surface area contributed by atoms with Crippen molar-refractivity contribution in [1.29, 1.82) is 0 Å². The zero-order valence-electron chi connectivity index (χ0n) is 11.5. The van der Waals surface area contributed by atoms with Crippen LogP contribution in [0.15, 0.2) is 17.0 Å². The molecule has 0 saturated carbocycles. The Morgan fingerprint density at radius 1 is 1.40 bits per heavy atom. The average Bonchev–Trinajstić information content (AvgIpc) is 2.39. The number of methoxy groups -OCH3 is 1. The van der Waals surface area contributed by atoms with Gasteiger partial charge in [-0.3, -0.25) is 0 Å². The maximum atomic E-state index is 12.5. The molecule has 0 aliphatic heterocycles. The average molecular weight is 323 g/mol. The van der Waals surface area contributed by atoms with Crippen LogP contribution in [0, 0.1) is 6.92 Å². The summed E-state index contributed by atoms with van der Waals surface area (Å²) in [4.78, 5) is 0.00940. The monoisotopic (exact) mass is 322 g/mol. The van der Waals surface area contributed by atoms with E-state index >= 15 is 0 Å². The molecule has 1 rings (SSSR count). The third-order valence-electron chi connectivity index (χ3n) is 2.89. The molecule has 0 unspecified atom stereocenters. The van der Waals surface area contributed by atoms with Gasteiger partial charge < -0.3 is 15.6 Å². The van der Waals surface area contributed by atoms with E-state index in [2.05, 4.69) is 0 Å². The fraction of sp³-hybridized carbons (Fsp3) is 0.500. The standard InChI is InChI=1S/C12H19ClN2O4S/c1-9-11(13)7-10(8-12(9)14)20(17,18)15(3-5-16)4-6-19-2/h7-8,16H,3-6,14H2,1-2H3. The van der Waals surface area contributed by atoms with Crippen molar-refractivity contribution in [3.05, 3.63) is 22.7 Å². The Bertz CT molecular complexity index is 540. The van der Waals surface area contributed by atoms with Crippen LogP contribution in [0.25, 0.3) is 0 Å². The van der Waals surface area contributed by atoms with Crippen LogP contribution in [-0.4, -0.2) is 51.2 Å². The zero-order chi connectivity index (χ0) is 15.3. The summed E-state index contributed by atoms with van der Waals surface area (Å²) in [7, 11) is -2.29. The molecule has 0 aliphatic carbocycles. The van der Waals surface area contributed by atoms with Crippen LogP contribution in [0.5, 0.6) is 0 Å². The highest BCUT2D eigenvalue weighted by atomic mass is 35.5. The third kappa shape index (κ3) is 3.83. The number of halogens is 1. The third-order valence-corrected chi connectivity index (χ3v) is 5.16. The number of anilines is 1. The van der Waals surface area contributed by atoms with Crippen molar-refractivity contribution in [2.45, 2.75) is 11.8 Å². The van der Waals surface area contributed by atoms with Gasteiger partial charge in [-0.15, -0.1) is 0 Å². The van der Waals surface area contributed by atoms with Crippen molar-refractivity contribution >= 4 is 27.3 Å². The van der Waals surface area contributed by atoms with Crippen LogP contribution in [-0.2, 0) is 14.8 Å². The number of rotatable bonds is 7. The van der Waals surface area contributed by atoms with Gasteiger partial charge in [-0.05, 0) is 24.6 Å². The van der Waals surface area contributed by atoms with Crippen molar-refractivity contribution in [2.24, 2.45) is 0 Å². The van der Waals surface area contributed by atoms with E-state index in [1.165, 1.54) is 19.2 Å². The number of nitrogens with two attached hydrogens (primary N) is 1. The van der Waals surface area contributed by atoms with E-state index in [9.17, 15) is 8.42 Å². The first-order chi connectivity index (χ1) is 9.34. The molecule has 0 bridgehead atoms. The quantitative estimate of drug-likeness (QED) is 0.726. The lowest BCUT2D eigenvalue weighted by Gasteiger charge is -2.21. The van der Waals surface area contributed by atoms with Gasteiger partial charge in [-0.1, -0.05) is 11.6 Å². The normalized spacial score (nSPS) is 12.1. The first-order valence-corrected chi connectivity index (χ1v) is 7.82. The second-order valence-electron chi connectivity index (χ2n) is 4.24. The Morgan fingerprint density at radius 2 is 2.05 bits per heavy atom. The van der Waals surface area contributed by atoms with Gasteiger partial charge in [0.1, 0.15) is 0 Å². The number of aliphatic hydroxyl groups excluding tert-OH is 1. The molecule has 0 saturated heterocycles. The second-order valence-corrected chi connectivity index (χ2v) is 6.58. The van der Waals surface area contributed by atoms with Gasteiger partial charge in [0.2, 0.25) is 10.0 Å². The molecule has 0 spiro atoms. The molecule has 0 atom stereocenters. The molecule has 0 radical (unpaired) electrons. The van der Waals surface area contributed by atoms with Crippen LogP contribution < -0.4 is 5.73 Å². The maximum absolute atomic E-state index is 12.5. The van der Waals surface area contributed by atoms with Crippen LogP contribution >= 0.6 is 11.6 Å². The minimum Gasteiger partial charge on any atom is -0.398 e. The van der Waals surface area contributed by atoms with E-state index in [1.807, 2.05) is 0 Å². The summed E-state index contributed by atoms with van der Waals surface area (Å²) in [5.74, 6) is 0. The van der Waals surface area contributed by atoms with Crippen LogP contribution in [0.3, 0.4) is 0 Å². The highest BCUT2D eigenvalue weighted by Crippen LogP contribution is 2.27. The highest BCUT2D eigenvalue weighted by molar-refractivity contribution is 7.89. The highest BCUT2D eigenvalue weighted by Gasteiger charge is 2.25. The summed E-state index contributed by atoms with van der Waals surface area (Å²) in [5, 5.41) is 9.29. The van der Waals surface area contributed by atoms with Gasteiger partial charge in [0.15, 0.2) is 0 Å². The van der Waals surface area contributed by atoms with Crippen molar-refractivity contribution in [3.8, 4) is 0 Å². The summed E-state index contributed by atoms with van der Waals surface area (Å²) in [6, 6.07) is 2.73. The molecule has 0 amide bonds. The predicted octanol–water partition coefficient (Wildman–Crippen LogP) is 0.860. The van der Waals surface area contributed by atoms with Gasteiger partial charge in [-0.25, -0.2) is 8.42 Å². The molecule has 6 nitrogen and oxygen atoms in total. The first-order valence-electron chi connectivity index (χ1n) is 6.00. The summed E-state index contributed by atoms with van der Waals surface area (Å²) in [6.45, 7) is 1.79. The molecule has 0 heterocycles. The maximum Gasteiger partial charge on any atom is 0.243 e. The largest absolute Gasteiger partial charge is 0.398 e. The number of sulfonamides is 1. The van der Waals surface area contributed by atoms with Gasteiger partial charge in [-0.2, -0.15) is 4.31 Å². The molecule has 3 N–H and O–H groups in total. The van der Waals surface area contributed by atoms with Gasteiger partial charge >= 0.3 is 0 Å². The Balaban J connectivity index is 3.18. The number of aliphatic hydroxyl groups is 1. The molecule has 0 aliphatic rings. The second kappa shape index (κ2) is 7.24. The molecule has 0 aromatic heterocycles. The molecule has 1 aromatic rings. The fourth-order valence-electron chi connectivity index (χ4n) is 1.63. The van der Waals surface area contributed by atoms with E-state index in [0.29, 0.717) is 16.3 Å². The van der Waals surface area contributed by atoms with Crippen molar-refractivity contribution < 1.29 is 18.3 Å². The van der Waals surface area contributed by atoms with Gasteiger partial charge in [0.25, 0.3) is 0 Å². The van der Waals surface area contributed by atoms with Crippen molar-refractivity contribution in [1.82, 2.24) is 4.31 Å². The lowest BCUT2D eigenvalue weighted by molar-refractivity contribution is 0.168. The van der Waals surface area contributed by atoms with Crippen molar-refractivity contribution in [3.63, 3.8) is 0 Å². The number of benzene rings is 1. The Kier molecular flexibility index (Phi) is 6.22. The SMILES string of the molecule is COCCN(CCO)S(=O)(=O)c1cc(N)c(C)c(Cl)c1. The summed E-state index contributed by atoms with van der Waals surface area (Å²) in [5.41, 5.74) is 6.70. The van der Waals surface area contributed by atoms with Crippen LogP contribution in [0.2, 0.25) is 5.02 Å². The van der Waals surface area contributed by atoms with Gasteiger partial charge in [0.05, 0.1) is 18.1 Å². The smallest absolute Gasteiger partial charge is 0.243 e. The Hall–Kier alpha value is -0.860. The Morgan fingerprint density at radius 3 is 2.55 bits per heavy atom. The molecular formula is C12H19ClN2O4S. The molecule has 8 heteroatoms. The number of nitrogen functional groups attached to an aromatic ring is 1. The van der Waals surface area contributed by atoms with E-state index in [4.69, 9.17) is 27.2 Å². The lowest BCUT2D eigenvalue weighted by atomic mass is 10.2. The van der Waals surface area contributed by atoms with E-state index in [0.717, 1.165) is 4.31 Å². The molecule has 1 aromatic carbocycles. The minimum atomic E-state index is -3.77. The zero-order valence-corrected chi connectivity index (χ0v) is 13.0. The first kappa shape index (κ1) is 17.2. The van der Waals surface area contributed by atoms with Crippen LogP contribution in [0.4, 0.5) is 5.69 Å². The molecule has 20 heavy (non-hydrogen) atoms. The Labute approximate surface area is 124 Å². The summed E-state index contributed by atoms with van der Waals surface area (Å²) < 4.78 is 31.0. The summed E-state index contributed by atoms with van der Waals surface area (Å²) >= 11 is 5.97. The number of hydrogen-bond donors (Lipinski definition) is 2. The lowest BCUT2D eigenvalue weighted by Crippen LogP contribution is -2.36. The van der Waals surface area contributed by atoms with Crippen LogP contribution in [0.1, 0.15) is 5.56 Å². The fourth-order valence-corrected chi connectivity index (χ4v) is 3.40. The van der Waals surface area contributed by atoms with E-state index in [-0.39, 0.29) is 31.2 Å². The summed E-state index contributed by atoms with van der Waals surface area (Å²) in [6.07, 6.45) is 0. The molecule has 114 valence electrons. The number of hydrogen-bond acceptors (Lipinski definition) is 5. The van der Waals surface area contributed by atoms with E-state index in [1.54, 1.807) is 6.92 Å². The van der Waals surface area contributed by atoms with Crippen molar-refractivity contribution in [2.75, 3.05) is 39.1 Å². The van der Waals surface area contributed by atoms with Gasteiger partial charge in [0, 0.05) is 30.9 Å². The number of nitrogens with zero attached hydrogens (tertiary/aromatic N) is 1. The molecular weight excluding hydrogens is 304 g/mol. The molecule has 0 fully saturated rings. The van der Waals surface area contributed by atoms with E-state index < -0.39 is 10.0 Å². The topological polar surface area (TPSA) is 92.9 Å².